The van der Waals surface area contributed by atoms with Crippen LogP contribution in [0.3, 0.4) is 0 Å². The van der Waals surface area contributed by atoms with Gasteiger partial charge >= 0.3 is 5.76 Å². The minimum atomic E-state index is -4.75. The molecule has 1 aliphatic heterocycles. The maximum atomic E-state index is 12.9. The van der Waals surface area contributed by atoms with Gasteiger partial charge in [0.25, 0.3) is 5.56 Å². The summed E-state index contributed by atoms with van der Waals surface area (Å²) in [6, 6.07) is 14.2. The Morgan fingerprint density at radius 1 is 1.10 bits per heavy atom. The monoisotopic (exact) mass is 564 g/mol. The van der Waals surface area contributed by atoms with Crippen LogP contribution in [0.25, 0.3) is 10.9 Å². The Hall–Kier alpha value is -4.82. The summed E-state index contributed by atoms with van der Waals surface area (Å²) in [4.78, 5) is 21.4. The lowest BCUT2D eigenvalue weighted by atomic mass is 9.84. The molecule has 0 unspecified atom stereocenters. The van der Waals surface area contributed by atoms with Crippen LogP contribution in [0.1, 0.15) is 24.8 Å². The van der Waals surface area contributed by atoms with Crippen molar-refractivity contribution in [2.45, 2.75) is 35.5 Å². The van der Waals surface area contributed by atoms with Crippen molar-refractivity contribution in [2.24, 2.45) is 0 Å². The van der Waals surface area contributed by atoms with Gasteiger partial charge in [0.2, 0.25) is 9.84 Å². The van der Waals surface area contributed by atoms with Crippen molar-refractivity contribution in [1.82, 2.24) is 19.7 Å². The van der Waals surface area contributed by atoms with Crippen LogP contribution in [-0.2, 0) is 15.4 Å². The second-order valence-corrected chi connectivity index (χ2v) is 11.3. The normalized spacial score (nSPS) is 15.1. The van der Waals surface area contributed by atoms with Crippen molar-refractivity contribution in [1.29, 1.82) is 10.5 Å². The summed E-state index contributed by atoms with van der Waals surface area (Å²) < 4.78 is 51.0. The number of benzene rings is 1. The van der Waals surface area contributed by atoms with Crippen LogP contribution in [0.15, 0.2) is 64.5 Å². The minimum absolute atomic E-state index is 0.130. The van der Waals surface area contributed by atoms with Gasteiger partial charge in [-0.1, -0.05) is 0 Å². The lowest BCUT2D eigenvalue weighted by Crippen LogP contribution is -2.47. The highest BCUT2D eigenvalue weighted by Crippen LogP contribution is 2.38. The Morgan fingerprint density at radius 2 is 1.82 bits per heavy atom. The highest BCUT2D eigenvalue weighted by atomic mass is 32.2. The van der Waals surface area contributed by atoms with Gasteiger partial charge in [0, 0.05) is 31.2 Å². The first kappa shape index (κ1) is 26.8. The van der Waals surface area contributed by atoms with Gasteiger partial charge in [-0.05, 0) is 55.3 Å². The first-order valence-corrected chi connectivity index (χ1v) is 13.7. The number of nitrogens with zero attached hydrogens (tertiary/aromatic N) is 6. The topological polar surface area (TPSA) is 161 Å². The first-order valence-electron chi connectivity index (χ1n) is 12.2. The molecule has 1 fully saturated rings. The molecule has 0 radical (unpaired) electrons. The molecule has 0 amide bonds. The third-order valence-electron chi connectivity index (χ3n) is 7.04. The number of hydrogen-bond donors (Lipinski definition) is 2. The van der Waals surface area contributed by atoms with E-state index in [2.05, 4.69) is 26.3 Å². The van der Waals surface area contributed by atoms with Gasteiger partial charge in [-0.15, -0.1) is 0 Å². The molecule has 3 aromatic heterocycles. The van der Waals surface area contributed by atoms with Crippen molar-refractivity contribution in [3.63, 3.8) is 0 Å². The van der Waals surface area contributed by atoms with Gasteiger partial charge in [-0.2, -0.15) is 24.4 Å². The summed E-state index contributed by atoms with van der Waals surface area (Å²) in [5, 5.41) is 26.7. The summed E-state index contributed by atoms with van der Waals surface area (Å²) in [7, 11) is -4.75. The molecule has 4 heterocycles. The number of fused-ring (bicyclic) bond motifs is 1. The highest BCUT2D eigenvalue weighted by Gasteiger charge is 2.39. The second kappa shape index (κ2) is 10.4. The molecule has 0 bridgehead atoms. The first-order chi connectivity index (χ1) is 19.2. The number of alkyl halides is 2. The third kappa shape index (κ3) is 4.74. The highest BCUT2D eigenvalue weighted by molar-refractivity contribution is 7.91. The SMILES string of the molecule is N#CCC1(n2nc(Nc3ccc(S(=O)(=O)C(F)F)cc3)c3c(=O)[nH]ccc32)CCN(c2ccc(C#N)cn2)CC1. The Bertz CT molecular complexity index is 1800. The van der Waals surface area contributed by atoms with Gasteiger partial charge in [0.1, 0.15) is 17.3 Å². The van der Waals surface area contributed by atoms with E-state index in [1.165, 1.54) is 24.5 Å². The lowest BCUT2D eigenvalue weighted by Gasteiger charge is -2.41. The molecule has 204 valence electrons. The number of nitriles is 2. The predicted molar refractivity (Wildman–Crippen MR) is 142 cm³/mol. The molecule has 0 atom stereocenters. The van der Waals surface area contributed by atoms with E-state index in [0.717, 1.165) is 12.1 Å². The molecule has 14 heteroatoms. The van der Waals surface area contributed by atoms with E-state index in [0.29, 0.717) is 48.5 Å². The molecule has 4 aromatic rings. The van der Waals surface area contributed by atoms with Crippen LogP contribution in [0.2, 0.25) is 0 Å². The predicted octanol–water partition coefficient (Wildman–Crippen LogP) is 3.64. The third-order valence-corrected chi connectivity index (χ3v) is 8.43. The number of aromatic amines is 1. The van der Waals surface area contributed by atoms with Crippen LogP contribution < -0.4 is 15.8 Å². The fourth-order valence-corrected chi connectivity index (χ4v) is 5.62. The smallest absolute Gasteiger partial charge is 0.341 e. The zero-order valence-corrected chi connectivity index (χ0v) is 21.7. The molecule has 1 saturated heterocycles. The maximum absolute atomic E-state index is 12.9. The second-order valence-electron chi connectivity index (χ2n) is 9.35. The van der Waals surface area contributed by atoms with Crippen LogP contribution >= 0.6 is 0 Å². The van der Waals surface area contributed by atoms with Gasteiger partial charge in [0.05, 0.1) is 34.0 Å². The molecule has 40 heavy (non-hydrogen) atoms. The van der Waals surface area contributed by atoms with E-state index in [-0.39, 0.29) is 17.6 Å². The molecule has 11 nitrogen and oxygen atoms in total. The zero-order chi connectivity index (χ0) is 28.5. The molecular weight excluding hydrogens is 542 g/mol. The fraction of sp³-hybridized carbons (Fsp3) is 0.269. The van der Waals surface area contributed by atoms with Crippen molar-refractivity contribution < 1.29 is 17.2 Å². The number of rotatable bonds is 7. The Balaban J connectivity index is 1.48. The zero-order valence-electron chi connectivity index (χ0n) is 20.9. The van der Waals surface area contributed by atoms with E-state index in [9.17, 15) is 27.3 Å². The number of nitrogens with one attached hydrogen (secondary N) is 2. The summed E-state index contributed by atoms with van der Waals surface area (Å²) in [6.07, 6.45) is 4.17. The number of aromatic nitrogens is 4. The number of piperidine rings is 1. The number of hydrogen-bond acceptors (Lipinski definition) is 9. The molecule has 0 saturated carbocycles. The standard InChI is InChI=1S/C26H22F2N8O3S/c27-25(28)40(38,39)19-4-2-18(3-5-19)33-23-22-20(7-12-31-24(22)37)36(34-23)26(8-11-29)9-13-35(14-10-26)21-6-1-17(15-30)16-32-21/h1-7,12,16,25H,8-10,13-14H2,(H,31,37)(H,33,34). The number of H-pyrrole nitrogens is 1. The molecule has 0 aliphatic carbocycles. The fourth-order valence-electron chi connectivity index (χ4n) is 4.90. The number of sulfone groups is 1. The van der Waals surface area contributed by atoms with Crippen molar-refractivity contribution in [2.75, 3.05) is 23.3 Å². The quantitative estimate of drug-likeness (QED) is 0.341. The van der Waals surface area contributed by atoms with Gasteiger partial charge in [-0.25, -0.2) is 13.4 Å². The summed E-state index contributed by atoms with van der Waals surface area (Å²) >= 11 is 0. The number of pyridine rings is 2. The molecule has 1 aliphatic rings. The van der Waals surface area contributed by atoms with Gasteiger partial charge < -0.3 is 15.2 Å². The van der Waals surface area contributed by atoms with E-state index < -0.39 is 31.6 Å². The Morgan fingerprint density at radius 3 is 2.42 bits per heavy atom. The van der Waals surface area contributed by atoms with Crippen LogP contribution in [0, 0.1) is 22.7 Å². The van der Waals surface area contributed by atoms with E-state index in [4.69, 9.17) is 10.4 Å². The summed E-state index contributed by atoms with van der Waals surface area (Å²) in [6.45, 7) is 1.10. The van der Waals surface area contributed by atoms with Crippen LogP contribution in [0.4, 0.5) is 26.1 Å². The summed E-state index contributed by atoms with van der Waals surface area (Å²) in [5.74, 6) is -2.65. The molecule has 2 N–H and O–H groups in total. The Labute approximate surface area is 227 Å². The number of halogens is 2. The molecular formula is C26H22F2N8O3S. The Kier molecular flexibility index (Phi) is 6.95. The lowest BCUT2D eigenvalue weighted by molar-refractivity contribution is 0.210. The summed E-state index contributed by atoms with van der Waals surface area (Å²) in [5.41, 5.74) is 0.133. The van der Waals surface area contributed by atoms with Crippen molar-refractivity contribution in [3.05, 3.63) is 70.8 Å². The molecule has 5 rings (SSSR count). The largest absolute Gasteiger partial charge is 0.356 e. The van der Waals surface area contributed by atoms with Crippen molar-refractivity contribution in [3.8, 4) is 12.1 Å². The maximum Gasteiger partial charge on any atom is 0.341 e. The van der Waals surface area contributed by atoms with Crippen LogP contribution in [-0.4, -0.2) is 47.0 Å². The van der Waals surface area contributed by atoms with E-state index in [1.807, 2.05) is 6.07 Å². The van der Waals surface area contributed by atoms with Crippen molar-refractivity contribution >= 4 is 38.1 Å². The minimum Gasteiger partial charge on any atom is -0.356 e. The van der Waals surface area contributed by atoms with E-state index >= 15 is 0 Å². The molecule has 1 aromatic carbocycles. The van der Waals surface area contributed by atoms with Gasteiger partial charge in [0.15, 0.2) is 5.82 Å². The van der Waals surface area contributed by atoms with Crippen LogP contribution in [0.5, 0.6) is 0 Å². The average molecular weight is 565 g/mol. The van der Waals surface area contributed by atoms with E-state index in [1.54, 1.807) is 22.9 Å². The van der Waals surface area contributed by atoms with Gasteiger partial charge in [-0.3, -0.25) is 9.48 Å². The number of anilines is 3. The average Bonchev–Trinajstić information content (AvgIpc) is 3.34. The molecule has 0 spiro atoms.